The van der Waals surface area contributed by atoms with Crippen LogP contribution in [0.15, 0.2) is 18.2 Å². The average molecular weight is 324 g/mol. The summed E-state index contributed by atoms with van der Waals surface area (Å²) in [4.78, 5) is 14.7. The molecule has 0 radical (unpaired) electrons. The predicted octanol–water partition coefficient (Wildman–Crippen LogP) is 3.94. The first-order valence-corrected chi connectivity index (χ1v) is 8.16. The Morgan fingerprint density at radius 1 is 1.42 bits per heavy atom. The number of nitrogens with zero attached hydrogens (tertiary/aromatic N) is 1. The summed E-state index contributed by atoms with van der Waals surface area (Å²) >= 11 is 3.50. The second-order valence-corrected chi connectivity index (χ2v) is 6.35. The number of alkyl halides is 1. The summed E-state index contributed by atoms with van der Waals surface area (Å²) < 4.78 is 0. The van der Waals surface area contributed by atoms with Crippen molar-refractivity contribution in [2.24, 2.45) is 5.92 Å². The molecule has 1 aromatic carbocycles. The normalized spacial score (nSPS) is 19.5. The van der Waals surface area contributed by atoms with Crippen LogP contribution in [0.1, 0.15) is 40.7 Å². The molecule has 1 aromatic rings. The minimum Gasteiger partial charge on any atom is -0.338 e. The van der Waals surface area contributed by atoms with Gasteiger partial charge in [-0.25, -0.2) is 0 Å². The quantitative estimate of drug-likeness (QED) is 0.771. The van der Waals surface area contributed by atoms with Gasteiger partial charge in [-0.05, 0) is 50.7 Å². The van der Waals surface area contributed by atoms with Crippen LogP contribution in [0.2, 0.25) is 0 Å². The van der Waals surface area contributed by atoms with Crippen LogP contribution in [0, 0.1) is 19.8 Å². The highest BCUT2D eigenvalue weighted by Crippen LogP contribution is 2.23. The second kappa shape index (κ2) is 6.56. The van der Waals surface area contributed by atoms with Gasteiger partial charge in [0.15, 0.2) is 0 Å². The number of hydrogen-bond donors (Lipinski definition) is 0. The fourth-order valence-electron chi connectivity index (χ4n) is 2.78. The molecule has 1 fully saturated rings. The third kappa shape index (κ3) is 3.59. The SMILES string of the molecule is Cc1ccc(C)c(C(=O)N2CCCC(CCBr)C2)c1. The maximum absolute atomic E-state index is 12.6. The predicted molar refractivity (Wildman–Crippen MR) is 83.0 cm³/mol. The zero-order valence-electron chi connectivity index (χ0n) is 11.8. The van der Waals surface area contributed by atoms with Gasteiger partial charge < -0.3 is 4.90 Å². The number of aryl methyl sites for hydroxylation is 2. The van der Waals surface area contributed by atoms with E-state index < -0.39 is 0 Å². The van der Waals surface area contributed by atoms with E-state index in [1.807, 2.05) is 30.9 Å². The monoisotopic (exact) mass is 323 g/mol. The maximum Gasteiger partial charge on any atom is 0.254 e. The number of likely N-dealkylation sites (tertiary alicyclic amines) is 1. The molecule has 0 aliphatic carbocycles. The molecule has 19 heavy (non-hydrogen) atoms. The van der Waals surface area contributed by atoms with E-state index in [2.05, 4.69) is 22.0 Å². The van der Waals surface area contributed by atoms with Crippen LogP contribution in [0.25, 0.3) is 0 Å². The topological polar surface area (TPSA) is 20.3 Å². The Bertz CT molecular complexity index is 456. The van der Waals surface area contributed by atoms with Gasteiger partial charge >= 0.3 is 0 Å². The Balaban J connectivity index is 2.12. The van der Waals surface area contributed by atoms with E-state index in [4.69, 9.17) is 0 Å². The number of rotatable bonds is 3. The van der Waals surface area contributed by atoms with E-state index in [1.165, 1.54) is 6.42 Å². The summed E-state index contributed by atoms with van der Waals surface area (Å²) in [6.07, 6.45) is 3.55. The lowest BCUT2D eigenvalue weighted by molar-refractivity contribution is 0.0671. The Kier molecular flexibility index (Phi) is 5.03. The van der Waals surface area contributed by atoms with E-state index in [9.17, 15) is 4.79 Å². The van der Waals surface area contributed by atoms with Crippen LogP contribution in [-0.2, 0) is 0 Å². The van der Waals surface area contributed by atoms with Crippen molar-refractivity contribution in [2.75, 3.05) is 18.4 Å². The van der Waals surface area contributed by atoms with E-state index in [0.29, 0.717) is 5.92 Å². The van der Waals surface area contributed by atoms with Gasteiger partial charge in [0, 0.05) is 24.0 Å². The highest BCUT2D eigenvalue weighted by molar-refractivity contribution is 9.09. The van der Waals surface area contributed by atoms with Crippen molar-refractivity contribution in [1.29, 1.82) is 0 Å². The van der Waals surface area contributed by atoms with E-state index in [1.54, 1.807) is 0 Å². The summed E-state index contributed by atoms with van der Waals surface area (Å²) in [6, 6.07) is 6.13. The summed E-state index contributed by atoms with van der Waals surface area (Å²) in [6.45, 7) is 5.88. The fourth-order valence-corrected chi connectivity index (χ4v) is 3.42. The molecular weight excluding hydrogens is 302 g/mol. The van der Waals surface area contributed by atoms with Crippen molar-refractivity contribution in [1.82, 2.24) is 4.90 Å². The van der Waals surface area contributed by atoms with Gasteiger partial charge in [-0.3, -0.25) is 4.79 Å². The van der Waals surface area contributed by atoms with Crippen molar-refractivity contribution in [2.45, 2.75) is 33.1 Å². The summed E-state index contributed by atoms with van der Waals surface area (Å²) in [5.41, 5.74) is 3.11. The standard InChI is InChI=1S/C16H22BrNO/c1-12-5-6-13(2)15(10-12)16(19)18-9-3-4-14(11-18)7-8-17/h5-6,10,14H,3-4,7-9,11H2,1-2H3. The van der Waals surface area contributed by atoms with Gasteiger partial charge in [0.25, 0.3) is 5.91 Å². The first kappa shape index (κ1) is 14.6. The molecule has 1 unspecified atom stereocenters. The number of halogens is 1. The van der Waals surface area contributed by atoms with Gasteiger partial charge in [0.2, 0.25) is 0 Å². The molecular formula is C16H22BrNO. The maximum atomic E-state index is 12.6. The number of carbonyl (C=O) groups is 1. The van der Waals surface area contributed by atoms with Gasteiger partial charge in [-0.15, -0.1) is 0 Å². The summed E-state index contributed by atoms with van der Waals surface area (Å²) in [7, 11) is 0. The average Bonchev–Trinajstić information content (AvgIpc) is 2.41. The van der Waals surface area contributed by atoms with E-state index in [0.717, 1.165) is 48.0 Å². The zero-order chi connectivity index (χ0) is 13.8. The van der Waals surface area contributed by atoms with Crippen LogP contribution in [0.3, 0.4) is 0 Å². The molecule has 1 saturated heterocycles. The minimum absolute atomic E-state index is 0.209. The van der Waals surface area contributed by atoms with Crippen molar-refractivity contribution in [3.8, 4) is 0 Å². The van der Waals surface area contributed by atoms with E-state index >= 15 is 0 Å². The molecule has 0 aromatic heterocycles. The number of amides is 1. The van der Waals surface area contributed by atoms with Crippen LogP contribution < -0.4 is 0 Å². The summed E-state index contributed by atoms with van der Waals surface area (Å²) in [5.74, 6) is 0.864. The number of carbonyl (C=O) groups excluding carboxylic acids is 1. The van der Waals surface area contributed by atoms with Gasteiger partial charge in [0.05, 0.1) is 0 Å². The van der Waals surface area contributed by atoms with Gasteiger partial charge in [-0.2, -0.15) is 0 Å². The Morgan fingerprint density at radius 2 is 2.21 bits per heavy atom. The van der Waals surface area contributed by atoms with Crippen molar-refractivity contribution >= 4 is 21.8 Å². The molecule has 2 rings (SSSR count). The molecule has 0 spiro atoms. The highest BCUT2D eigenvalue weighted by atomic mass is 79.9. The smallest absolute Gasteiger partial charge is 0.254 e. The fraction of sp³-hybridized carbons (Fsp3) is 0.562. The minimum atomic E-state index is 0.209. The molecule has 0 saturated carbocycles. The molecule has 3 heteroatoms. The second-order valence-electron chi connectivity index (χ2n) is 5.56. The first-order chi connectivity index (χ1) is 9.11. The third-order valence-electron chi connectivity index (χ3n) is 3.95. The lowest BCUT2D eigenvalue weighted by Gasteiger charge is -2.33. The van der Waals surface area contributed by atoms with Gasteiger partial charge in [-0.1, -0.05) is 33.6 Å². The lowest BCUT2D eigenvalue weighted by Crippen LogP contribution is -2.40. The largest absolute Gasteiger partial charge is 0.338 e. The van der Waals surface area contributed by atoms with Crippen LogP contribution in [0.4, 0.5) is 0 Å². The van der Waals surface area contributed by atoms with Crippen molar-refractivity contribution in [3.63, 3.8) is 0 Å². The number of piperidine rings is 1. The summed E-state index contributed by atoms with van der Waals surface area (Å²) in [5, 5.41) is 1.03. The molecule has 1 heterocycles. The zero-order valence-corrected chi connectivity index (χ0v) is 13.4. The Labute approximate surface area is 124 Å². The molecule has 0 N–H and O–H groups in total. The highest BCUT2D eigenvalue weighted by Gasteiger charge is 2.24. The number of benzene rings is 1. The van der Waals surface area contributed by atoms with Crippen LogP contribution in [0.5, 0.6) is 0 Å². The molecule has 1 atom stereocenters. The third-order valence-corrected chi connectivity index (χ3v) is 4.40. The lowest BCUT2D eigenvalue weighted by atomic mass is 9.94. The van der Waals surface area contributed by atoms with E-state index in [-0.39, 0.29) is 5.91 Å². The van der Waals surface area contributed by atoms with Crippen LogP contribution in [-0.4, -0.2) is 29.2 Å². The van der Waals surface area contributed by atoms with Crippen molar-refractivity contribution in [3.05, 3.63) is 34.9 Å². The Morgan fingerprint density at radius 3 is 2.95 bits per heavy atom. The Hall–Kier alpha value is -0.830. The first-order valence-electron chi connectivity index (χ1n) is 7.04. The molecule has 1 aliphatic heterocycles. The van der Waals surface area contributed by atoms with Gasteiger partial charge in [0.1, 0.15) is 0 Å². The molecule has 2 nitrogen and oxygen atoms in total. The number of hydrogen-bond acceptors (Lipinski definition) is 1. The molecule has 0 bridgehead atoms. The molecule has 1 aliphatic rings. The van der Waals surface area contributed by atoms with Crippen molar-refractivity contribution < 1.29 is 4.79 Å². The van der Waals surface area contributed by atoms with Crippen LogP contribution >= 0.6 is 15.9 Å². The molecule has 1 amide bonds. The molecule has 104 valence electrons.